The van der Waals surface area contributed by atoms with Gasteiger partial charge in [0.05, 0.1) is 28.3 Å². The molecular formula is C37H44N2O10S2. The summed E-state index contributed by atoms with van der Waals surface area (Å²) in [7, 11) is -8.66. The SMILES string of the molecule is CC1(CCCCS(=O)(=O)O)C2=C3C=C4C5=[N+](CCC4OC3CCN2c2ccc(S(=O)(=O)O)cc21)c1ccc([O-])cc1C5(C)CCCCCC(=O)O. The molecule has 4 atom stereocenters. The average molecular weight is 741 g/mol. The van der Waals surface area contributed by atoms with Crippen LogP contribution < -0.4 is 10.0 Å². The van der Waals surface area contributed by atoms with Crippen molar-refractivity contribution in [2.24, 2.45) is 0 Å². The Morgan fingerprint density at radius 3 is 2.41 bits per heavy atom. The van der Waals surface area contributed by atoms with Crippen LogP contribution in [-0.2, 0) is 40.6 Å². The summed E-state index contributed by atoms with van der Waals surface area (Å²) >= 11 is 0. The highest BCUT2D eigenvalue weighted by atomic mass is 32.2. The molecule has 2 aromatic carbocycles. The number of hydrogen-bond acceptors (Lipinski definition) is 8. The topological polar surface area (TPSA) is 185 Å². The zero-order valence-electron chi connectivity index (χ0n) is 28.8. The molecule has 5 aliphatic rings. The number of rotatable bonds is 12. The molecule has 0 saturated carbocycles. The fourth-order valence-electron chi connectivity index (χ4n) is 9.33. The molecule has 5 heterocycles. The molecule has 0 fully saturated rings. The van der Waals surface area contributed by atoms with Crippen molar-refractivity contribution < 1.29 is 50.3 Å². The van der Waals surface area contributed by atoms with E-state index in [4.69, 9.17) is 9.84 Å². The number of nitrogens with zero attached hydrogens (tertiary/aromatic N) is 2. The number of carboxylic acids is 1. The van der Waals surface area contributed by atoms with Crippen LogP contribution in [-0.4, -0.2) is 78.4 Å². The number of allylic oxidation sites excluding steroid dienone is 1. The lowest BCUT2D eigenvalue weighted by molar-refractivity contribution is -0.445. The number of benzene rings is 2. The minimum Gasteiger partial charge on any atom is -0.872 e. The van der Waals surface area contributed by atoms with E-state index in [2.05, 4.69) is 22.5 Å². The molecule has 3 N–H and O–H groups in total. The van der Waals surface area contributed by atoms with Crippen LogP contribution in [0.2, 0.25) is 0 Å². The molecule has 0 spiro atoms. The van der Waals surface area contributed by atoms with E-state index >= 15 is 0 Å². The maximum Gasteiger partial charge on any atom is 0.303 e. The summed E-state index contributed by atoms with van der Waals surface area (Å²) in [6.45, 7) is 5.52. The smallest absolute Gasteiger partial charge is 0.303 e. The van der Waals surface area contributed by atoms with Gasteiger partial charge in [-0.2, -0.15) is 21.4 Å². The van der Waals surface area contributed by atoms with Gasteiger partial charge in [0, 0.05) is 59.0 Å². The van der Waals surface area contributed by atoms with E-state index in [1.807, 2.05) is 13.0 Å². The van der Waals surface area contributed by atoms with Crippen molar-refractivity contribution in [3.63, 3.8) is 0 Å². The second kappa shape index (κ2) is 12.8. The molecular weight excluding hydrogens is 697 g/mol. The number of carbonyl (C=O) groups is 1. The monoisotopic (exact) mass is 740 g/mol. The molecule has 0 amide bonds. The average Bonchev–Trinajstić information content (AvgIpc) is 3.46. The number of ether oxygens (including phenoxy) is 1. The van der Waals surface area contributed by atoms with Crippen LogP contribution in [0.5, 0.6) is 5.75 Å². The second-order valence-corrected chi connectivity index (χ2v) is 17.9. The Bertz CT molecular complexity index is 2120. The summed E-state index contributed by atoms with van der Waals surface area (Å²) in [6, 6.07) is 9.85. The van der Waals surface area contributed by atoms with Gasteiger partial charge in [0.15, 0.2) is 12.3 Å². The van der Waals surface area contributed by atoms with Crippen molar-refractivity contribution in [1.29, 1.82) is 0 Å². The Morgan fingerprint density at radius 2 is 1.69 bits per heavy atom. The molecule has 7 rings (SSSR count). The minimum atomic E-state index is -4.50. The molecule has 5 aliphatic heterocycles. The van der Waals surface area contributed by atoms with Gasteiger partial charge < -0.3 is 19.8 Å². The maximum atomic E-state index is 12.8. The van der Waals surface area contributed by atoms with Crippen molar-refractivity contribution in [3.05, 3.63) is 70.4 Å². The Labute approximate surface area is 298 Å². The van der Waals surface area contributed by atoms with Crippen LogP contribution in [0.4, 0.5) is 11.4 Å². The molecule has 2 aromatic rings. The fraction of sp³-hybridized carbons (Fsp3) is 0.514. The van der Waals surface area contributed by atoms with Crippen molar-refractivity contribution in [2.75, 3.05) is 23.7 Å². The molecule has 0 aliphatic carbocycles. The summed E-state index contributed by atoms with van der Waals surface area (Å²) < 4.78 is 76.3. The molecule has 14 heteroatoms. The van der Waals surface area contributed by atoms with E-state index in [9.17, 15) is 35.8 Å². The maximum absolute atomic E-state index is 12.8. The highest BCUT2D eigenvalue weighted by Crippen LogP contribution is 2.56. The molecule has 0 aromatic heterocycles. The van der Waals surface area contributed by atoms with Crippen molar-refractivity contribution in [3.8, 4) is 5.75 Å². The third-order valence-electron chi connectivity index (χ3n) is 11.6. The Balaban J connectivity index is 1.35. The number of carboxylic acid groups (broad SMARTS) is 1. The number of hydrogen-bond donors (Lipinski definition) is 3. The van der Waals surface area contributed by atoms with Crippen LogP contribution >= 0.6 is 0 Å². The Hall–Kier alpha value is -3.56. The fourth-order valence-corrected chi connectivity index (χ4v) is 10.4. The normalized spacial score (nSPS) is 26.6. The van der Waals surface area contributed by atoms with Gasteiger partial charge in [-0.15, -0.1) is 5.75 Å². The van der Waals surface area contributed by atoms with Crippen molar-refractivity contribution in [1.82, 2.24) is 0 Å². The number of unbranched alkanes of at least 4 members (excludes halogenated alkanes) is 3. The summed E-state index contributed by atoms with van der Waals surface area (Å²) in [4.78, 5) is 13.1. The van der Waals surface area contributed by atoms with E-state index in [0.717, 1.165) is 71.7 Å². The van der Waals surface area contributed by atoms with E-state index < -0.39 is 37.0 Å². The highest BCUT2D eigenvalue weighted by molar-refractivity contribution is 7.86. The van der Waals surface area contributed by atoms with Crippen molar-refractivity contribution in [2.45, 2.75) is 106 Å². The number of anilines is 1. The minimum absolute atomic E-state index is 0.0672. The quantitative estimate of drug-likeness (QED) is 0.151. The van der Waals surface area contributed by atoms with Crippen LogP contribution in [0.25, 0.3) is 0 Å². The van der Waals surface area contributed by atoms with Gasteiger partial charge in [0.25, 0.3) is 20.2 Å². The van der Waals surface area contributed by atoms with Gasteiger partial charge in [0.2, 0.25) is 5.69 Å². The predicted molar refractivity (Wildman–Crippen MR) is 188 cm³/mol. The first kappa shape index (κ1) is 35.8. The predicted octanol–water partition coefficient (Wildman–Crippen LogP) is 4.99. The molecule has 4 unspecified atom stereocenters. The first-order valence-electron chi connectivity index (χ1n) is 17.7. The lowest BCUT2D eigenvalue weighted by Crippen LogP contribution is -2.48. The second-order valence-electron chi connectivity index (χ2n) is 14.9. The van der Waals surface area contributed by atoms with E-state index in [1.165, 1.54) is 12.1 Å². The summed E-state index contributed by atoms with van der Waals surface area (Å²) in [5.41, 5.74) is 6.22. The number of fused-ring (bicyclic) bond motifs is 8. The molecule has 12 nitrogen and oxygen atoms in total. The van der Waals surface area contributed by atoms with Crippen LogP contribution in [0.3, 0.4) is 0 Å². The first-order valence-corrected chi connectivity index (χ1v) is 20.7. The lowest BCUT2D eigenvalue weighted by atomic mass is 9.70. The van der Waals surface area contributed by atoms with Crippen molar-refractivity contribution >= 4 is 43.3 Å². The van der Waals surface area contributed by atoms with Gasteiger partial charge >= 0.3 is 5.97 Å². The molecule has 0 saturated heterocycles. The van der Waals surface area contributed by atoms with Crippen LogP contribution in [0.15, 0.2) is 64.2 Å². The lowest BCUT2D eigenvalue weighted by Gasteiger charge is -2.43. The van der Waals surface area contributed by atoms with E-state index in [0.29, 0.717) is 37.8 Å². The summed E-state index contributed by atoms with van der Waals surface area (Å²) in [5.74, 6) is -1.27. The van der Waals surface area contributed by atoms with E-state index in [-0.39, 0.29) is 41.4 Å². The Morgan fingerprint density at radius 1 is 0.941 bits per heavy atom. The largest absolute Gasteiger partial charge is 0.872 e. The van der Waals surface area contributed by atoms with Crippen LogP contribution in [0, 0.1) is 0 Å². The Kier molecular flexibility index (Phi) is 9.01. The van der Waals surface area contributed by atoms with Gasteiger partial charge in [-0.25, -0.2) is 0 Å². The van der Waals surface area contributed by atoms with Gasteiger partial charge in [-0.05, 0) is 75.8 Å². The van der Waals surface area contributed by atoms with E-state index in [1.54, 1.807) is 18.2 Å². The zero-order valence-corrected chi connectivity index (χ0v) is 30.4. The first-order chi connectivity index (χ1) is 24.0. The third kappa shape index (κ3) is 6.32. The molecule has 0 radical (unpaired) electrons. The molecule has 51 heavy (non-hydrogen) atoms. The molecule has 0 bridgehead atoms. The standard InChI is InChI=1S/C37H44N2O10S2/c1-36(15-5-3-4-8-33(41)42)27-20-23(40)9-11-29(27)38-17-13-31-25(34(36)38)22-26-32(49-31)14-18-39-30-12-10-24(51(46,47)48)21-28(30)37(2,35(26)39)16-6-7-19-50(43,44)45/h9-12,20-22,31-32H,3-8,13-19H2,1-2H3,(H3-,40,41,42,43,44,45,46,47,48). The summed E-state index contributed by atoms with van der Waals surface area (Å²) in [5, 5.41) is 21.9. The van der Waals surface area contributed by atoms with Crippen LogP contribution in [0.1, 0.15) is 89.2 Å². The van der Waals surface area contributed by atoms with Gasteiger partial charge in [-0.3, -0.25) is 13.9 Å². The summed E-state index contributed by atoms with van der Waals surface area (Å²) in [6.07, 6.45) is 7.28. The zero-order chi connectivity index (χ0) is 36.5. The molecule has 274 valence electrons. The third-order valence-corrected chi connectivity index (χ3v) is 13.3. The van der Waals surface area contributed by atoms with Gasteiger partial charge in [-0.1, -0.05) is 31.4 Å². The number of aliphatic carboxylic acids is 1. The highest BCUT2D eigenvalue weighted by Gasteiger charge is 2.56. The van der Waals surface area contributed by atoms with Gasteiger partial charge in [0.1, 0.15) is 0 Å².